The second-order valence-electron chi connectivity index (χ2n) is 3.60. The fourth-order valence-corrected chi connectivity index (χ4v) is 1.68. The van der Waals surface area contributed by atoms with Crippen LogP contribution in [0.3, 0.4) is 0 Å². The number of phenolic OH excluding ortho intramolecular Hbond substituents is 2. The van der Waals surface area contributed by atoms with Gasteiger partial charge in [-0.15, -0.1) is 0 Å². The molecule has 1 aromatic heterocycles. The van der Waals surface area contributed by atoms with E-state index in [1.807, 2.05) is 0 Å². The van der Waals surface area contributed by atoms with Gasteiger partial charge in [0, 0.05) is 23.5 Å². The molecular weight excluding hydrogens is 234 g/mol. The monoisotopic (exact) mass is 245 g/mol. The van der Waals surface area contributed by atoms with Crippen LogP contribution in [0.2, 0.25) is 0 Å². The van der Waals surface area contributed by atoms with Gasteiger partial charge in [-0.05, 0) is 12.1 Å². The second kappa shape index (κ2) is 4.75. The maximum absolute atomic E-state index is 11.0. The minimum atomic E-state index is -0.497. The number of phenols is 2. The lowest BCUT2D eigenvalue weighted by atomic mass is 10.00. The first-order valence-electron chi connectivity index (χ1n) is 5.17. The predicted molar refractivity (Wildman–Crippen MR) is 64.9 cm³/mol. The van der Waals surface area contributed by atoms with Gasteiger partial charge in [-0.25, -0.2) is 0 Å². The Kier molecular flexibility index (Phi) is 3.14. The lowest BCUT2D eigenvalue weighted by Gasteiger charge is -2.11. The Balaban J connectivity index is 2.74. The largest absolute Gasteiger partial charge is 0.504 e. The van der Waals surface area contributed by atoms with Crippen LogP contribution >= 0.6 is 0 Å². The van der Waals surface area contributed by atoms with Gasteiger partial charge in [-0.3, -0.25) is 9.78 Å². The fraction of sp³-hybridized carbons (Fsp3) is 0.0769. The van der Waals surface area contributed by atoms with Crippen LogP contribution in [0.15, 0.2) is 30.6 Å². The number of hydrogen-bond donors (Lipinski definition) is 2. The third-order valence-electron chi connectivity index (χ3n) is 2.59. The SMILES string of the molecule is COc1cc(-c2cccnc2)c(C=O)c(O)c1O. The summed E-state index contributed by atoms with van der Waals surface area (Å²) in [5.74, 6) is -0.854. The summed E-state index contributed by atoms with van der Waals surface area (Å²) in [7, 11) is 1.36. The zero-order valence-corrected chi connectivity index (χ0v) is 9.62. The molecule has 0 aliphatic carbocycles. The van der Waals surface area contributed by atoms with Gasteiger partial charge >= 0.3 is 0 Å². The van der Waals surface area contributed by atoms with Crippen LogP contribution in [-0.2, 0) is 0 Å². The number of aldehydes is 1. The zero-order chi connectivity index (χ0) is 13.1. The molecule has 0 atom stereocenters. The van der Waals surface area contributed by atoms with Crippen molar-refractivity contribution in [3.8, 4) is 28.4 Å². The van der Waals surface area contributed by atoms with E-state index in [2.05, 4.69) is 4.98 Å². The molecule has 0 saturated heterocycles. The molecule has 1 aromatic carbocycles. The van der Waals surface area contributed by atoms with Gasteiger partial charge in [0.1, 0.15) is 0 Å². The lowest BCUT2D eigenvalue weighted by molar-refractivity contribution is 0.112. The Morgan fingerprint density at radius 3 is 2.67 bits per heavy atom. The summed E-state index contributed by atoms with van der Waals surface area (Å²) < 4.78 is 4.94. The second-order valence-corrected chi connectivity index (χ2v) is 3.60. The maximum atomic E-state index is 11.0. The van der Waals surface area contributed by atoms with Gasteiger partial charge in [0.25, 0.3) is 0 Å². The van der Waals surface area contributed by atoms with E-state index in [1.165, 1.54) is 13.2 Å². The summed E-state index contributed by atoms with van der Waals surface area (Å²) in [5.41, 5.74) is 1.10. The predicted octanol–water partition coefficient (Wildman–Crippen LogP) is 1.98. The van der Waals surface area contributed by atoms with Crippen LogP contribution in [-0.4, -0.2) is 28.6 Å². The van der Waals surface area contributed by atoms with Crippen LogP contribution in [0, 0.1) is 0 Å². The number of ether oxygens (including phenoxy) is 1. The summed E-state index contributed by atoms with van der Waals surface area (Å²) in [6.07, 6.45) is 3.64. The highest BCUT2D eigenvalue weighted by Crippen LogP contribution is 2.42. The van der Waals surface area contributed by atoms with E-state index in [-0.39, 0.29) is 11.3 Å². The van der Waals surface area contributed by atoms with Crippen molar-refractivity contribution in [3.05, 3.63) is 36.2 Å². The van der Waals surface area contributed by atoms with E-state index >= 15 is 0 Å². The van der Waals surface area contributed by atoms with Crippen molar-refractivity contribution in [1.29, 1.82) is 0 Å². The zero-order valence-electron chi connectivity index (χ0n) is 9.62. The highest BCUT2D eigenvalue weighted by molar-refractivity contribution is 5.93. The number of carbonyl (C=O) groups is 1. The Morgan fingerprint density at radius 1 is 1.33 bits per heavy atom. The number of aromatic nitrogens is 1. The van der Waals surface area contributed by atoms with Crippen molar-refractivity contribution in [2.24, 2.45) is 0 Å². The molecule has 0 bridgehead atoms. The molecule has 5 nitrogen and oxygen atoms in total. The van der Waals surface area contributed by atoms with E-state index in [9.17, 15) is 15.0 Å². The van der Waals surface area contributed by atoms with E-state index in [0.717, 1.165) is 0 Å². The number of methoxy groups -OCH3 is 1. The molecule has 1 heterocycles. The molecule has 0 unspecified atom stereocenters. The molecule has 0 spiro atoms. The van der Waals surface area contributed by atoms with Gasteiger partial charge < -0.3 is 14.9 Å². The Hall–Kier alpha value is -2.56. The maximum Gasteiger partial charge on any atom is 0.201 e. The standard InChI is InChI=1S/C13H11NO4/c1-18-11-5-9(8-3-2-4-14-6-8)10(7-15)12(16)13(11)17/h2-7,16-17H,1H3. The molecule has 0 radical (unpaired) electrons. The minimum Gasteiger partial charge on any atom is -0.504 e. The average molecular weight is 245 g/mol. The highest BCUT2D eigenvalue weighted by atomic mass is 16.5. The molecule has 0 saturated carbocycles. The summed E-state index contributed by atoms with van der Waals surface area (Å²) in [4.78, 5) is 15.0. The summed E-state index contributed by atoms with van der Waals surface area (Å²) >= 11 is 0. The number of nitrogens with zero attached hydrogens (tertiary/aromatic N) is 1. The average Bonchev–Trinajstić information content (AvgIpc) is 2.42. The third kappa shape index (κ3) is 1.86. The molecule has 2 N–H and O–H groups in total. The molecular formula is C13H11NO4. The van der Waals surface area contributed by atoms with Crippen LogP contribution < -0.4 is 4.74 Å². The molecule has 5 heteroatoms. The summed E-state index contributed by atoms with van der Waals surface area (Å²) in [5, 5.41) is 19.4. The summed E-state index contributed by atoms with van der Waals surface area (Å²) in [6.45, 7) is 0. The first-order valence-corrected chi connectivity index (χ1v) is 5.17. The molecule has 92 valence electrons. The molecule has 0 aliphatic rings. The number of carbonyl (C=O) groups excluding carboxylic acids is 1. The van der Waals surface area contributed by atoms with E-state index in [0.29, 0.717) is 17.4 Å². The summed E-state index contributed by atoms with van der Waals surface area (Å²) in [6, 6.07) is 4.93. The highest BCUT2D eigenvalue weighted by Gasteiger charge is 2.18. The quantitative estimate of drug-likeness (QED) is 0.638. The van der Waals surface area contributed by atoms with Crippen molar-refractivity contribution in [2.45, 2.75) is 0 Å². The van der Waals surface area contributed by atoms with Crippen molar-refractivity contribution in [2.75, 3.05) is 7.11 Å². The first kappa shape index (κ1) is 11.9. The van der Waals surface area contributed by atoms with E-state index in [1.54, 1.807) is 24.5 Å². The van der Waals surface area contributed by atoms with Gasteiger partial charge in [0.05, 0.1) is 12.7 Å². The van der Waals surface area contributed by atoms with Crippen LogP contribution in [0.25, 0.3) is 11.1 Å². The van der Waals surface area contributed by atoms with Crippen molar-refractivity contribution in [1.82, 2.24) is 4.98 Å². The van der Waals surface area contributed by atoms with E-state index in [4.69, 9.17) is 4.74 Å². The van der Waals surface area contributed by atoms with Crippen molar-refractivity contribution < 1.29 is 19.7 Å². The Bertz CT molecular complexity index is 581. The van der Waals surface area contributed by atoms with Crippen LogP contribution in [0.1, 0.15) is 10.4 Å². The lowest BCUT2D eigenvalue weighted by Crippen LogP contribution is -1.93. The number of benzene rings is 1. The number of hydrogen-bond acceptors (Lipinski definition) is 5. The van der Waals surface area contributed by atoms with Gasteiger partial charge in [-0.1, -0.05) is 6.07 Å². The van der Waals surface area contributed by atoms with Gasteiger partial charge in [-0.2, -0.15) is 0 Å². The molecule has 2 rings (SSSR count). The minimum absolute atomic E-state index is 0.00120. The van der Waals surface area contributed by atoms with Gasteiger partial charge in [0.2, 0.25) is 5.75 Å². The molecule has 18 heavy (non-hydrogen) atoms. The van der Waals surface area contributed by atoms with Gasteiger partial charge in [0.15, 0.2) is 17.8 Å². The Morgan fingerprint density at radius 2 is 2.11 bits per heavy atom. The molecule has 0 amide bonds. The normalized spacial score (nSPS) is 10.1. The van der Waals surface area contributed by atoms with Crippen LogP contribution in [0.5, 0.6) is 17.2 Å². The third-order valence-corrected chi connectivity index (χ3v) is 2.59. The van der Waals surface area contributed by atoms with E-state index < -0.39 is 11.5 Å². The molecule has 0 fully saturated rings. The van der Waals surface area contributed by atoms with Crippen LogP contribution in [0.4, 0.5) is 0 Å². The fourth-order valence-electron chi connectivity index (χ4n) is 1.68. The number of aromatic hydroxyl groups is 2. The first-order chi connectivity index (χ1) is 8.69. The van der Waals surface area contributed by atoms with Crippen molar-refractivity contribution >= 4 is 6.29 Å². The number of rotatable bonds is 3. The van der Waals surface area contributed by atoms with Crippen molar-refractivity contribution in [3.63, 3.8) is 0 Å². The molecule has 2 aromatic rings. The smallest absolute Gasteiger partial charge is 0.201 e. The topological polar surface area (TPSA) is 79.7 Å². The Labute approximate surface area is 103 Å². The molecule has 0 aliphatic heterocycles. The number of pyridine rings is 1.